The van der Waals surface area contributed by atoms with Crippen LogP contribution in [0.25, 0.3) is 0 Å². The minimum Gasteiger partial charge on any atom is -0.383 e. The Hall–Kier alpha value is -2.34. The van der Waals surface area contributed by atoms with E-state index in [1.54, 1.807) is 0 Å². The Balaban J connectivity index is 1.54. The highest BCUT2D eigenvalue weighted by atomic mass is 15.3. The van der Waals surface area contributed by atoms with Crippen LogP contribution in [0.15, 0.2) is 36.4 Å². The Morgan fingerprint density at radius 1 is 1.00 bits per heavy atom. The molecule has 2 atom stereocenters. The molecule has 0 aliphatic carbocycles. The molecular formula is C18H24N6. The number of nitrogens with two attached hydrogens (primary N) is 2. The molecule has 1 aromatic heterocycles. The Kier molecular flexibility index (Phi) is 3.98. The molecule has 5 rings (SSSR count). The zero-order chi connectivity index (χ0) is 16.5. The van der Waals surface area contributed by atoms with Crippen molar-refractivity contribution in [3.63, 3.8) is 0 Å². The standard InChI is InChI=1S/C18H24N6/c19-16-8-17(22-18(20)21-16)24-11-14-6-7-15(12-24)23(10-14)9-13-4-2-1-3-5-13/h1-5,8,14-15H,6-7,9-12H2,(H4,19,20,21,22)/t14-,15-/m1/s1. The lowest BCUT2D eigenvalue weighted by molar-refractivity contribution is 0.126. The van der Waals surface area contributed by atoms with E-state index < -0.39 is 0 Å². The predicted molar refractivity (Wildman–Crippen MR) is 96.4 cm³/mol. The van der Waals surface area contributed by atoms with Gasteiger partial charge in [-0.2, -0.15) is 9.97 Å². The Labute approximate surface area is 142 Å². The van der Waals surface area contributed by atoms with Gasteiger partial charge in [-0.1, -0.05) is 30.3 Å². The quantitative estimate of drug-likeness (QED) is 0.895. The van der Waals surface area contributed by atoms with Crippen LogP contribution >= 0.6 is 0 Å². The molecule has 4 N–H and O–H groups in total. The summed E-state index contributed by atoms with van der Waals surface area (Å²) in [6.45, 7) is 4.15. The van der Waals surface area contributed by atoms with E-state index in [2.05, 4.69) is 50.1 Å². The van der Waals surface area contributed by atoms with E-state index in [9.17, 15) is 0 Å². The predicted octanol–water partition coefficient (Wildman–Crippen LogP) is 1.74. The van der Waals surface area contributed by atoms with Crippen molar-refractivity contribution in [2.24, 2.45) is 5.92 Å². The molecular weight excluding hydrogens is 300 g/mol. The second-order valence-electron chi connectivity index (χ2n) is 6.93. The molecule has 1 aromatic carbocycles. The van der Waals surface area contributed by atoms with Gasteiger partial charge >= 0.3 is 0 Å². The molecule has 3 saturated heterocycles. The molecule has 2 bridgehead atoms. The van der Waals surface area contributed by atoms with Crippen molar-refractivity contribution < 1.29 is 0 Å². The van der Waals surface area contributed by atoms with Crippen LogP contribution in [0.5, 0.6) is 0 Å². The molecule has 0 saturated carbocycles. The molecule has 6 nitrogen and oxygen atoms in total. The van der Waals surface area contributed by atoms with Crippen LogP contribution in [-0.4, -0.2) is 40.5 Å². The number of hydrogen-bond donors (Lipinski definition) is 2. The zero-order valence-corrected chi connectivity index (χ0v) is 13.8. The molecule has 126 valence electrons. The fourth-order valence-electron chi connectivity index (χ4n) is 4.01. The van der Waals surface area contributed by atoms with Gasteiger partial charge in [0.2, 0.25) is 5.95 Å². The summed E-state index contributed by atoms with van der Waals surface area (Å²) in [4.78, 5) is 13.3. The molecule has 3 fully saturated rings. The average Bonchev–Trinajstić information content (AvgIpc) is 2.87. The van der Waals surface area contributed by atoms with E-state index in [0.29, 0.717) is 17.8 Å². The number of fused-ring (bicyclic) bond motifs is 4. The minimum atomic E-state index is 0.253. The van der Waals surface area contributed by atoms with Crippen molar-refractivity contribution in [1.29, 1.82) is 0 Å². The Bertz CT molecular complexity index is 684. The first-order valence-corrected chi connectivity index (χ1v) is 8.60. The number of anilines is 3. The molecule has 6 heteroatoms. The SMILES string of the molecule is Nc1cc(N2C[C@@H]3CC[C@H](C2)N(Cc2ccccc2)C3)nc(N)n1. The van der Waals surface area contributed by atoms with Crippen molar-refractivity contribution >= 4 is 17.6 Å². The topological polar surface area (TPSA) is 84.3 Å². The van der Waals surface area contributed by atoms with Gasteiger partial charge in [-0.25, -0.2) is 0 Å². The van der Waals surface area contributed by atoms with Crippen LogP contribution in [0.2, 0.25) is 0 Å². The van der Waals surface area contributed by atoms with Crippen LogP contribution in [0.4, 0.5) is 17.6 Å². The van der Waals surface area contributed by atoms with Crippen molar-refractivity contribution in [3.8, 4) is 0 Å². The van der Waals surface area contributed by atoms with E-state index >= 15 is 0 Å². The van der Waals surface area contributed by atoms with E-state index in [-0.39, 0.29) is 5.95 Å². The van der Waals surface area contributed by atoms with Crippen molar-refractivity contribution in [2.75, 3.05) is 36.0 Å². The molecule has 24 heavy (non-hydrogen) atoms. The van der Waals surface area contributed by atoms with E-state index in [1.807, 2.05) is 6.07 Å². The van der Waals surface area contributed by atoms with Crippen molar-refractivity contribution in [1.82, 2.24) is 14.9 Å². The summed E-state index contributed by atoms with van der Waals surface area (Å²) in [5, 5.41) is 0. The fraction of sp³-hybridized carbons (Fsp3) is 0.444. The Morgan fingerprint density at radius 3 is 2.62 bits per heavy atom. The van der Waals surface area contributed by atoms with Gasteiger partial charge in [0, 0.05) is 38.3 Å². The van der Waals surface area contributed by atoms with Gasteiger partial charge in [-0.05, 0) is 24.3 Å². The second kappa shape index (κ2) is 6.28. The fourth-order valence-corrected chi connectivity index (χ4v) is 4.01. The van der Waals surface area contributed by atoms with Gasteiger partial charge < -0.3 is 16.4 Å². The molecule has 0 amide bonds. The summed E-state index contributed by atoms with van der Waals surface area (Å²) in [6, 6.07) is 13.1. The largest absolute Gasteiger partial charge is 0.383 e. The summed E-state index contributed by atoms with van der Waals surface area (Å²) in [6.07, 6.45) is 2.52. The maximum Gasteiger partial charge on any atom is 0.223 e. The smallest absolute Gasteiger partial charge is 0.223 e. The second-order valence-corrected chi connectivity index (χ2v) is 6.93. The van der Waals surface area contributed by atoms with E-state index in [0.717, 1.165) is 32.0 Å². The first-order chi connectivity index (χ1) is 11.7. The molecule has 4 heterocycles. The van der Waals surface area contributed by atoms with Crippen molar-refractivity contribution in [2.45, 2.75) is 25.4 Å². The lowest BCUT2D eigenvalue weighted by Crippen LogP contribution is -2.43. The minimum absolute atomic E-state index is 0.253. The summed E-state index contributed by atoms with van der Waals surface area (Å²) in [5.41, 5.74) is 13.0. The average molecular weight is 324 g/mol. The molecule has 0 unspecified atom stereocenters. The Morgan fingerprint density at radius 2 is 1.83 bits per heavy atom. The lowest BCUT2D eigenvalue weighted by Gasteiger charge is -2.36. The van der Waals surface area contributed by atoms with Gasteiger partial charge in [-0.15, -0.1) is 0 Å². The summed E-state index contributed by atoms with van der Waals surface area (Å²) >= 11 is 0. The third-order valence-electron chi connectivity index (χ3n) is 5.13. The van der Waals surface area contributed by atoms with Gasteiger partial charge in [-0.3, -0.25) is 4.90 Å². The van der Waals surface area contributed by atoms with Gasteiger partial charge in [0.05, 0.1) is 0 Å². The molecule has 0 spiro atoms. The van der Waals surface area contributed by atoms with Crippen LogP contribution in [0.1, 0.15) is 18.4 Å². The van der Waals surface area contributed by atoms with Crippen LogP contribution < -0.4 is 16.4 Å². The van der Waals surface area contributed by atoms with Gasteiger partial charge in [0.25, 0.3) is 0 Å². The first-order valence-electron chi connectivity index (χ1n) is 8.60. The van der Waals surface area contributed by atoms with Crippen LogP contribution in [-0.2, 0) is 6.54 Å². The highest BCUT2D eigenvalue weighted by molar-refractivity contribution is 5.50. The molecule has 0 radical (unpaired) electrons. The third-order valence-corrected chi connectivity index (χ3v) is 5.13. The van der Waals surface area contributed by atoms with E-state index in [1.165, 1.54) is 18.4 Å². The van der Waals surface area contributed by atoms with Crippen molar-refractivity contribution in [3.05, 3.63) is 42.0 Å². The molecule has 3 aliphatic rings. The lowest BCUT2D eigenvalue weighted by atomic mass is 9.94. The van der Waals surface area contributed by atoms with Crippen LogP contribution in [0, 0.1) is 5.92 Å². The number of piperidine rings is 1. The number of nitrogen functional groups attached to an aromatic ring is 2. The highest BCUT2D eigenvalue weighted by Gasteiger charge is 2.35. The maximum absolute atomic E-state index is 5.85. The monoisotopic (exact) mass is 324 g/mol. The third kappa shape index (κ3) is 3.14. The molecule has 3 aliphatic heterocycles. The zero-order valence-electron chi connectivity index (χ0n) is 13.8. The normalized spacial score (nSPS) is 24.1. The summed E-state index contributed by atoms with van der Waals surface area (Å²) in [5.74, 6) is 2.21. The van der Waals surface area contributed by atoms with Gasteiger partial charge in [0.1, 0.15) is 11.6 Å². The number of benzene rings is 1. The number of rotatable bonds is 3. The number of aromatic nitrogens is 2. The molecule has 2 aromatic rings. The first kappa shape index (κ1) is 15.2. The van der Waals surface area contributed by atoms with Crippen LogP contribution in [0.3, 0.4) is 0 Å². The number of nitrogens with zero attached hydrogens (tertiary/aromatic N) is 4. The highest BCUT2D eigenvalue weighted by Crippen LogP contribution is 2.31. The van der Waals surface area contributed by atoms with E-state index in [4.69, 9.17) is 11.5 Å². The maximum atomic E-state index is 5.85. The summed E-state index contributed by atoms with van der Waals surface area (Å²) in [7, 11) is 0. The van der Waals surface area contributed by atoms with Gasteiger partial charge in [0.15, 0.2) is 0 Å². The summed E-state index contributed by atoms with van der Waals surface area (Å²) < 4.78 is 0. The number of hydrogen-bond acceptors (Lipinski definition) is 6.